The molecule has 0 aliphatic carbocycles. The number of hydrogen-bond acceptors (Lipinski definition) is 1. The predicted octanol–water partition coefficient (Wildman–Crippen LogP) is 4.99. The van der Waals surface area contributed by atoms with Gasteiger partial charge in [0.2, 0.25) is 0 Å². The molecule has 0 spiro atoms. The maximum atomic E-state index is 9.75. The minimum absolute atomic E-state index is 0. The minimum atomic E-state index is -6.00. The van der Waals surface area contributed by atoms with Crippen molar-refractivity contribution in [2.75, 3.05) is 0 Å². The molecule has 1 heterocycles. The number of rotatable bonds is 2. The van der Waals surface area contributed by atoms with Crippen molar-refractivity contribution < 1.29 is 79.6 Å². The number of halogens is 4. The van der Waals surface area contributed by atoms with Crippen LogP contribution in [0.2, 0.25) is 0 Å². The van der Waals surface area contributed by atoms with Crippen LogP contribution in [0.3, 0.4) is 0 Å². The minimum Gasteiger partial charge on any atom is 0 e. The Bertz CT molecular complexity index is 679. The van der Waals surface area contributed by atoms with Gasteiger partial charge < -0.3 is 17.3 Å². The van der Waals surface area contributed by atoms with Gasteiger partial charge in [0.05, 0.1) is 0 Å². The molecule has 1 aromatic carbocycles. The molecule has 0 bridgehead atoms. The van der Waals surface area contributed by atoms with Gasteiger partial charge in [-0.2, -0.15) is 0 Å². The molecule has 0 saturated carbocycles. The topological polar surface area (TPSA) is 119 Å². The summed E-state index contributed by atoms with van der Waals surface area (Å²) < 4.78 is 84.0. The zero-order chi connectivity index (χ0) is 25.4. The second kappa shape index (κ2) is 51.5. The van der Waals surface area contributed by atoms with Crippen molar-refractivity contribution in [3.05, 3.63) is 98.2 Å². The summed E-state index contributed by atoms with van der Waals surface area (Å²) in [4.78, 5) is 1.30. The second-order valence-electron chi connectivity index (χ2n) is 3.25. The van der Waals surface area contributed by atoms with E-state index in [1.165, 1.54) is 10.4 Å². The van der Waals surface area contributed by atoms with Gasteiger partial charge >= 0.3 is 75.1 Å². The number of benzene rings is 1. The van der Waals surface area contributed by atoms with Crippen LogP contribution in [-0.2, 0) is 62.3 Å². The van der Waals surface area contributed by atoms with Gasteiger partial charge in [0.1, 0.15) is 0 Å². The Labute approximate surface area is 208 Å². The molecule has 2 rings (SSSR count). The van der Waals surface area contributed by atoms with Gasteiger partial charge in [0, 0.05) is 39.3 Å². The summed E-state index contributed by atoms with van der Waals surface area (Å²) in [6.07, 6.45) is 4.27. The van der Waals surface area contributed by atoms with E-state index in [4.69, 9.17) is 27.9 Å². The second-order valence-corrected chi connectivity index (χ2v) is 4.23. The summed E-state index contributed by atoms with van der Waals surface area (Å²) in [6.45, 7) is 27.0. The third-order valence-electron chi connectivity index (χ3n) is 1.78. The first-order chi connectivity index (χ1) is 14.4. The normalized spacial score (nSPS) is 6.62. The van der Waals surface area contributed by atoms with Gasteiger partial charge in [-0.05, 0) is 23.1 Å². The van der Waals surface area contributed by atoms with E-state index in [0.717, 1.165) is 0 Å². The standard InChI is InChI=1S/C12H10S.6CO.BF4.Cr.Mn/c1-2-5-11(6-3-1)8-9-12-7-4-10-13-12;6*1-2;2-1(3,4)5;;/h1-10H;;;;;;;;;/q;;;;;;;-1;;/b9-8+;;;;;;;;;. The smallest absolute Gasteiger partial charge is 0 e. The largest absolute Gasteiger partial charge is 0 e. The third kappa shape index (κ3) is 63.0. The molecule has 0 unspecified atom stereocenters. The van der Waals surface area contributed by atoms with Gasteiger partial charge in [-0.25, -0.2) is 0 Å². The zero-order valence-electron chi connectivity index (χ0n) is 15.5. The van der Waals surface area contributed by atoms with Crippen molar-refractivity contribution in [1.29, 1.82) is 0 Å². The Morgan fingerprint density at radius 1 is 0.625 bits per heavy atom. The van der Waals surface area contributed by atoms with Crippen LogP contribution < -0.4 is 0 Å². The Kier molecular flexibility index (Phi) is 83.9. The molecular formula is C18H10BCrF4MnO6S-. The number of thiophene rings is 1. The first-order valence-corrected chi connectivity index (χ1v) is 7.19. The average Bonchev–Trinajstić information content (AvgIpc) is 3.34. The van der Waals surface area contributed by atoms with Gasteiger partial charge in [-0.15, -0.1) is 11.3 Å². The van der Waals surface area contributed by atoms with Gasteiger partial charge in [-0.3, -0.25) is 0 Å². The van der Waals surface area contributed by atoms with Gasteiger partial charge in [0.15, 0.2) is 0 Å². The number of hydrogen-bond donors (Lipinski definition) is 0. The van der Waals surface area contributed by atoms with E-state index in [1.54, 1.807) is 11.3 Å². The maximum absolute atomic E-state index is 9.75. The van der Waals surface area contributed by atoms with Crippen LogP contribution in [0.1, 0.15) is 10.4 Å². The van der Waals surface area contributed by atoms with Crippen molar-refractivity contribution in [3.8, 4) is 0 Å². The Morgan fingerprint density at radius 3 is 1.25 bits per heavy atom. The molecule has 6 nitrogen and oxygen atoms in total. The molecule has 169 valence electrons. The van der Waals surface area contributed by atoms with E-state index in [9.17, 15) is 17.3 Å². The van der Waals surface area contributed by atoms with E-state index >= 15 is 0 Å². The van der Waals surface area contributed by atoms with Gasteiger partial charge in [-0.1, -0.05) is 42.5 Å². The summed E-state index contributed by atoms with van der Waals surface area (Å²) in [6, 6.07) is 14.5. The third-order valence-corrected chi connectivity index (χ3v) is 2.62. The molecule has 14 heteroatoms. The van der Waals surface area contributed by atoms with Crippen LogP contribution in [0, 0.1) is 39.9 Å². The Balaban J connectivity index is -0.0000000434. The fourth-order valence-corrected chi connectivity index (χ4v) is 1.75. The van der Waals surface area contributed by atoms with E-state index in [-0.39, 0.29) is 34.4 Å². The summed E-state index contributed by atoms with van der Waals surface area (Å²) in [5.41, 5.74) is 1.25. The molecule has 2 aromatic rings. The first kappa shape index (κ1) is 52.1. The molecule has 0 aliphatic heterocycles. The quantitative estimate of drug-likeness (QED) is 0.218. The van der Waals surface area contributed by atoms with Gasteiger partial charge in [0.25, 0.3) is 0 Å². The first-order valence-electron chi connectivity index (χ1n) is 6.31. The summed E-state index contributed by atoms with van der Waals surface area (Å²) >= 11 is 1.76. The van der Waals surface area contributed by atoms with Crippen LogP contribution in [0.5, 0.6) is 0 Å². The summed E-state index contributed by atoms with van der Waals surface area (Å²) in [5, 5.41) is 2.09. The molecule has 0 aliphatic rings. The predicted molar refractivity (Wildman–Crippen MR) is 93.5 cm³/mol. The fraction of sp³-hybridized carbons (Fsp3) is 0. The molecule has 1 aromatic heterocycles. The molecule has 0 N–H and O–H groups in total. The monoisotopic (exact) mass is 548 g/mol. The van der Waals surface area contributed by atoms with Crippen LogP contribution in [0.4, 0.5) is 17.3 Å². The average molecular weight is 548 g/mol. The van der Waals surface area contributed by atoms with E-state index in [1.807, 2.05) is 18.2 Å². The molecule has 0 amide bonds. The summed E-state index contributed by atoms with van der Waals surface area (Å²) in [5.74, 6) is 0. The molecule has 1 radical (unpaired) electrons. The maximum Gasteiger partial charge on any atom is 0 e. The van der Waals surface area contributed by atoms with Crippen LogP contribution in [-0.4, -0.2) is 7.25 Å². The van der Waals surface area contributed by atoms with E-state index in [0.29, 0.717) is 0 Å². The zero-order valence-corrected chi connectivity index (χ0v) is 18.8. The molecule has 0 atom stereocenters. The van der Waals surface area contributed by atoms with Crippen molar-refractivity contribution in [1.82, 2.24) is 0 Å². The van der Waals surface area contributed by atoms with Crippen molar-refractivity contribution >= 4 is 30.7 Å². The molecule has 32 heavy (non-hydrogen) atoms. The van der Waals surface area contributed by atoms with Crippen LogP contribution in [0.25, 0.3) is 12.2 Å². The Morgan fingerprint density at radius 2 is 0.969 bits per heavy atom. The fourth-order valence-electron chi connectivity index (χ4n) is 1.13. The van der Waals surface area contributed by atoms with Crippen molar-refractivity contribution in [2.45, 2.75) is 0 Å². The Hall–Kier alpha value is -2.06. The van der Waals surface area contributed by atoms with E-state index in [2.05, 4.69) is 81.7 Å². The van der Waals surface area contributed by atoms with Crippen molar-refractivity contribution in [2.24, 2.45) is 0 Å². The van der Waals surface area contributed by atoms with Crippen LogP contribution in [0.15, 0.2) is 47.8 Å². The SMILES string of the molecule is C(=C\c1cccs1)/c1ccccc1.F[B-](F)(F)F.[C-]#[O+].[C-]#[O+].[C-]#[O+].[C-]#[O+].[C-]#[O+].[C-]#[O+].[Cr].[Mn]. The van der Waals surface area contributed by atoms with Crippen molar-refractivity contribution in [3.63, 3.8) is 0 Å². The summed E-state index contributed by atoms with van der Waals surface area (Å²) in [7, 11) is -6.00. The molecule has 0 saturated heterocycles. The molecule has 0 fully saturated rings. The molecular weight excluding hydrogens is 538 g/mol. The van der Waals surface area contributed by atoms with E-state index < -0.39 is 7.25 Å². The van der Waals surface area contributed by atoms with Crippen LogP contribution >= 0.6 is 11.3 Å².